The van der Waals surface area contributed by atoms with Crippen LogP contribution in [-0.4, -0.2) is 53.7 Å². The highest BCUT2D eigenvalue weighted by molar-refractivity contribution is 5.95. The van der Waals surface area contributed by atoms with Crippen molar-refractivity contribution in [1.82, 2.24) is 4.90 Å². The van der Waals surface area contributed by atoms with E-state index in [0.29, 0.717) is 18.7 Å². The van der Waals surface area contributed by atoms with Gasteiger partial charge in [0.25, 0.3) is 0 Å². The summed E-state index contributed by atoms with van der Waals surface area (Å²) < 4.78 is 39.1. The van der Waals surface area contributed by atoms with E-state index in [4.69, 9.17) is 5.11 Å². The smallest absolute Gasteiger partial charge is 0.394 e. The quantitative estimate of drug-likeness (QED) is 0.818. The molecule has 2 heterocycles. The van der Waals surface area contributed by atoms with Gasteiger partial charge >= 0.3 is 18.2 Å². The van der Waals surface area contributed by atoms with Gasteiger partial charge in [0.05, 0.1) is 11.8 Å². The first-order valence-electron chi connectivity index (χ1n) is 8.34. The van der Waals surface area contributed by atoms with E-state index in [0.717, 1.165) is 16.2 Å². The summed E-state index contributed by atoms with van der Waals surface area (Å²) in [6.45, 7) is 0.777. The van der Waals surface area contributed by atoms with Crippen LogP contribution in [0.4, 0.5) is 29.3 Å². The third-order valence-corrected chi connectivity index (χ3v) is 4.95. The molecule has 2 aliphatic heterocycles. The van der Waals surface area contributed by atoms with Crippen LogP contribution in [0.25, 0.3) is 0 Å². The minimum atomic E-state index is -4.69. The number of carboxylic acids is 1. The van der Waals surface area contributed by atoms with Gasteiger partial charge in [-0.3, -0.25) is 9.59 Å². The van der Waals surface area contributed by atoms with Crippen LogP contribution < -0.4 is 10.2 Å². The molecule has 3 rings (SSSR count). The lowest BCUT2D eigenvalue weighted by Crippen LogP contribution is -2.35. The Labute approximate surface area is 152 Å². The van der Waals surface area contributed by atoms with Crippen LogP contribution in [0, 0.1) is 11.8 Å². The molecule has 0 unspecified atom stereocenters. The highest BCUT2D eigenvalue weighted by Crippen LogP contribution is 2.38. The van der Waals surface area contributed by atoms with Crippen molar-refractivity contribution < 1.29 is 32.7 Å². The van der Waals surface area contributed by atoms with E-state index in [2.05, 4.69) is 5.32 Å². The zero-order chi connectivity index (χ0) is 19.9. The summed E-state index contributed by atoms with van der Waals surface area (Å²) in [5, 5.41) is 11.5. The monoisotopic (exact) mass is 385 g/mol. The van der Waals surface area contributed by atoms with E-state index < -0.39 is 43.1 Å². The summed E-state index contributed by atoms with van der Waals surface area (Å²) in [7, 11) is 0. The largest absolute Gasteiger partial charge is 0.481 e. The molecule has 0 aliphatic carbocycles. The zero-order valence-corrected chi connectivity index (χ0v) is 14.4. The Hall–Kier alpha value is -2.78. The number of nitrogens with zero attached hydrogens (tertiary/aromatic N) is 2. The van der Waals surface area contributed by atoms with Gasteiger partial charge in [0.2, 0.25) is 5.91 Å². The Morgan fingerprint density at radius 1 is 1.22 bits per heavy atom. The molecule has 1 saturated heterocycles. The first kappa shape index (κ1) is 19.0. The number of benzene rings is 1. The Kier molecular flexibility index (Phi) is 4.75. The van der Waals surface area contributed by atoms with E-state index in [9.17, 15) is 27.6 Å². The van der Waals surface area contributed by atoms with E-state index in [-0.39, 0.29) is 5.91 Å². The molecule has 0 saturated carbocycles. The Bertz CT molecular complexity index is 796. The molecular formula is C17H18F3N3O4. The van der Waals surface area contributed by atoms with Crippen molar-refractivity contribution in [1.29, 1.82) is 0 Å². The number of rotatable bonds is 2. The first-order valence-corrected chi connectivity index (χ1v) is 8.34. The third-order valence-electron chi connectivity index (χ3n) is 4.95. The molecule has 0 spiro atoms. The summed E-state index contributed by atoms with van der Waals surface area (Å²) in [6, 6.07) is 4.11. The predicted octanol–water partition coefficient (Wildman–Crippen LogP) is 2.32. The molecule has 10 heteroatoms. The van der Waals surface area contributed by atoms with Crippen LogP contribution >= 0.6 is 0 Å². The summed E-state index contributed by atoms with van der Waals surface area (Å²) in [6.07, 6.45) is -4.08. The van der Waals surface area contributed by atoms with Crippen molar-refractivity contribution in [2.45, 2.75) is 19.5 Å². The lowest BCUT2D eigenvalue weighted by molar-refractivity contribution is -0.187. The van der Waals surface area contributed by atoms with Crippen LogP contribution in [-0.2, 0) is 16.0 Å². The zero-order valence-electron chi connectivity index (χ0n) is 14.4. The van der Waals surface area contributed by atoms with E-state index in [1.807, 2.05) is 0 Å². The predicted molar refractivity (Wildman–Crippen MR) is 89.4 cm³/mol. The van der Waals surface area contributed by atoms with Gasteiger partial charge in [-0.15, -0.1) is 0 Å². The molecule has 2 atom stereocenters. The molecule has 0 bridgehead atoms. The number of aliphatic carboxylic acids is 1. The maximum atomic E-state index is 13.0. The number of likely N-dealkylation sites (tertiary alicyclic amines) is 1. The molecule has 1 aromatic rings. The second-order valence-corrected chi connectivity index (χ2v) is 6.69. The molecule has 0 aromatic heterocycles. The summed E-state index contributed by atoms with van der Waals surface area (Å²) in [4.78, 5) is 37.5. The number of carbonyl (C=O) groups excluding carboxylic acids is 2. The van der Waals surface area contributed by atoms with Gasteiger partial charge in [-0.2, -0.15) is 13.2 Å². The van der Waals surface area contributed by atoms with Gasteiger partial charge in [-0.25, -0.2) is 4.79 Å². The average molecular weight is 385 g/mol. The van der Waals surface area contributed by atoms with E-state index >= 15 is 0 Å². The fourth-order valence-corrected chi connectivity index (χ4v) is 3.56. The second kappa shape index (κ2) is 6.75. The number of hydrogen-bond acceptors (Lipinski definition) is 3. The summed E-state index contributed by atoms with van der Waals surface area (Å²) in [5.74, 6) is -5.44. The van der Waals surface area contributed by atoms with Crippen LogP contribution in [0.1, 0.15) is 12.5 Å². The van der Waals surface area contributed by atoms with Crippen molar-refractivity contribution in [2.75, 3.05) is 29.9 Å². The molecule has 7 nitrogen and oxygen atoms in total. The normalized spacial score (nSPS) is 21.9. The minimum Gasteiger partial charge on any atom is -0.481 e. The van der Waals surface area contributed by atoms with Gasteiger partial charge in [-0.1, -0.05) is 0 Å². The molecule has 2 aliphatic rings. The summed E-state index contributed by atoms with van der Waals surface area (Å²) >= 11 is 0. The lowest BCUT2D eigenvalue weighted by Gasteiger charge is -2.19. The van der Waals surface area contributed by atoms with E-state index in [1.54, 1.807) is 23.1 Å². The third kappa shape index (κ3) is 3.69. The second-order valence-electron chi connectivity index (χ2n) is 6.69. The number of hydrogen-bond donors (Lipinski definition) is 2. The number of alkyl halides is 3. The number of carboxylic acid groups (broad SMARTS) is 1. The number of fused-ring (bicyclic) bond motifs is 1. The standard InChI is InChI=1S/C17H18F3N3O4/c1-9(24)23-5-4-10-6-11(2-3-14(10)23)21-16(27)22-7-12(15(25)26)13(8-22)17(18,19)20/h2-3,6,12-13H,4-5,7-8H2,1H3,(H,21,27)(H,25,26)/t12-,13-/m1/s1. The molecule has 1 fully saturated rings. The maximum absolute atomic E-state index is 13.0. The lowest BCUT2D eigenvalue weighted by atomic mass is 9.96. The minimum absolute atomic E-state index is 0.0968. The number of amides is 3. The maximum Gasteiger partial charge on any atom is 0.394 e. The van der Waals surface area contributed by atoms with Gasteiger partial charge in [-0.05, 0) is 30.2 Å². The highest BCUT2D eigenvalue weighted by atomic mass is 19.4. The van der Waals surface area contributed by atoms with Crippen molar-refractivity contribution >= 4 is 29.3 Å². The average Bonchev–Trinajstić information content (AvgIpc) is 3.18. The van der Waals surface area contributed by atoms with Crippen LogP contribution in [0.3, 0.4) is 0 Å². The van der Waals surface area contributed by atoms with Gasteiger partial charge in [0.15, 0.2) is 0 Å². The van der Waals surface area contributed by atoms with Gasteiger partial charge < -0.3 is 20.2 Å². The van der Waals surface area contributed by atoms with Crippen molar-refractivity contribution in [2.24, 2.45) is 11.8 Å². The highest BCUT2D eigenvalue weighted by Gasteiger charge is 2.53. The molecule has 2 N–H and O–H groups in total. The molecular weight excluding hydrogens is 367 g/mol. The molecule has 27 heavy (non-hydrogen) atoms. The number of anilines is 2. The molecule has 1 aromatic carbocycles. The number of halogens is 3. The Balaban J connectivity index is 1.71. The SMILES string of the molecule is CC(=O)N1CCc2cc(NC(=O)N3C[C@@H](C(F)(F)F)[C@H](C(=O)O)C3)ccc21. The number of carbonyl (C=O) groups is 3. The van der Waals surface area contributed by atoms with E-state index in [1.165, 1.54) is 6.92 Å². The number of urea groups is 1. The van der Waals surface area contributed by atoms with Crippen molar-refractivity contribution in [3.63, 3.8) is 0 Å². The number of nitrogens with one attached hydrogen (secondary N) is 1. The Morgan fingerprint density at radius 2 is 1.93 bits per heavy atom. The van der Waals surface area contributed by atoms with Gasteiger partial charge in [0.1, 0.15) is 0 Å². The summed E-state index contributed by atoms with van der Waals surface area (Å²) in [5.41, 5.74) is 1.97. The van der Waals surface area contributed by atoms with Crippen molar-refractivity contribution in [3.8, 4) is 0 Å². The first-order chi connectivity index (χ1) is 12.6. The van der Waals surface area contributed by atoms with Crippen molar-refractivity contribution in [3.05, 3.63) is 23.8 Å². The van der Waals surface area contributed by atoms with Crippen LogP contribution in [0.15, 0.2) is 18.2 Å². The topological polar surface area (TPSA) is 90.0 Å². The Morgan fingerprint density at radius 3 is 2.48 bits per heavy atom. The molecule has 0 radical (unpaired) electrons. The fourth-order valence-electron chi connectivity index (χ4n) is 3.56. The van der Waals surface area contributed by atoms with Crippen LogP contribution in [0.5, 0.6) is 0 Å². The molecule has 3 amide bonds. The fraction of sp³-hybridized carbons (Fsp3) is 0.471. The van der Waals surface area contributed by atoms with Gasteiger partial charge in [0, 0.05) is 37.9 Å². The van der Waals surface area contributed by atoms with Crippen LogP contribution in [0.2, 0.25) is 0 Å². The molecule has 146 valence electrons.